The lowest BCUT2D eigenvalue weighted by Crippen LogP contribution is -2.30. The SMILES string of the molecule is Cc1csc(NC2CCCCNC2)n1. The minimum atomic E-state index is 0.558. The molecule has 1 aliphatic rings. The molecule has 1 saturated heterocycles. The highest BCUT2D eigenvalue weighted by Gasteiger charge is 2.12. The predicted molar refractivity (Wildman–Crippen MR) is 61.0 cm³/mol. The molecule has 1 aromatic heterocycles. The average molecular weight is 211 g/mol. The summed E-state index contributed by atoms with van der Waals surface area (Å²) < 4.78 is 0. The molecule has 2 rings (SSSR count). The number of hydrogen-bond acceptors (Lipinski definition) is 4. The Morgan fingerprint density at radius 2 is 2.50 bits per heavy atom. The topological polar surface area (TPSA) is 37.0 Å². The van der Waals surface area contributed by atoms with Crippen molar-refractivity contribution in [1.82, 2.24) is 10.3 Å². The third-order valence-corrected chi connectivity index (χ3v) is 3.38. The van der Waals surface area contributed by atoms with Crippen molar-refractivity contribution in [3.05, 3.63) is 11.1 Å². The molecule has 0 amide bonds. The molecule has 1 unspecified atom stereocenters. The summed E-state index contributed by atoms with van der Waals surface area (Å²) in [6, 6.07) is 0.558. The zero-order valence-electron chi connectivity index (χ0n) is 8.55. The van der Waals surface area contributed by atoms with E-state index in [4.69, 9.17) is 0 Å². The molecule has 4 heteroatoms. The molecule has 0 saturated carbocycles. The summed E-state index contributed by atoms with van der Waals surface area (Å²) in [6.45, 7) is 4.26. The molecule has 0 bridgehead atoms. The quantitative estimate of drug-likeness (QED) is 0.785. The highest BCUT2D eigenvalue weighted by Crippen LogP contribution is 2.17. The van der Waals surface area contributed by atoms with Gasteiger partial charge >= 0.3 is 0 Å². The molecular formula is C10H17N3S. The predicted octanol–water partition coefficient (Wildman–Crippen LogP) is 2.01. The number of anilines is 1. The van der Waals surface area contributed by atoms with Crippen molar-refractivity contribution in [2.45, 2.75) is 32.2 Å². The maximum atomic E-state index is 4.42. The number of aromatic nitrogens is 1. The van der Waals surface area contributed by atoms with Crippen LogP contribution in [0.1, 0.15) is 25.0 Å². The van der Waals surface area contributed by atoms with E-state index in [1.54, 1.807) is 11.3 Å². The first-order valence-electron chi connectivity index (χ1n) is 5.24. The molecule has 1 aromatic rings. The maximum Gasteiger partial charge on any atom is 0.183 e. The molecule has 2 heterocycles. The molecule has 1 fully saturated rings. The smallest absolute Gasteiger partial charge is 0.183 e. The Kier molecular flexibility index (Phi) is 3.37. The van der Waals surface area contributed by atoms with Gasteiger partial charge in [-0.05, 0) is 26.3 Å². The number of nitrogens with zero attached hydrogens (tertiary/aromatic N) is 1. The van der Waals surface area contributed by atoms with Gasteiger partial charge in [0.1, 0.15) is 0 Å². The second-order valence-electron chi connectivity index (χ2n) is 3.84. The normalized spacial score (nSPS) is 23.1. The summed E-state index contributed by atoms with van der Waals surface area (Å²) in [5.74, 6) is 0. The van der Waals surface area contributed by atoms with Gasteiger partial charge in [-0.15, -0.1) is 11.3 Å². The highest BCUT2D eigenvalue weighted by molar-refractivity contribution is 7.13. The van der Waals surface area contributed by atoms with E-state index in [1.807, 2.05) is 6.92 Å². The van der Waals surface area contributed by atoms with Crippen LogP contribution in [0.4, 0.5) is 5.13 Å². The van der Waals surface area contributed by atoms with E-state index in [2.05, 4.69) is 21.0 Å². The molecule has 78 valence electrons. The lowest BCUT2D eigenvalue weighted by atomic mass is 10.1. The Bertz CT molecular complexity index is 277. The van der Waals surface area contributed by atoms with Crippen molar-refractivity contribution in [1.29, 1.82) is 0 Å². The fourth-order valence-corrected chi connectivity index (χ4v) is 2.50. The Balaban J connectivity index is 1.89. The number of aryl methyl sites for hydroxylation is 1. The van der Waals surface area contributed by atoms with E-state index in [-0.39, 0.29) is 0 Å². The first kappa shape index (κ1) is 9.93. The van der Waals surface area contributed by atoms with Crippen LogP contribution in [-0.2, 0) is 0 Å². The van der Waals surface area contributed by atoms with Gasteiger partial charge in [0.05, 0.1) is 5.69 Å². The molecule has 0 aliphatic carbocycles. The molecule has 14 heavy (non-hydrogen) atoms. The lowest BCUT2D eigenvalue weighted by molar-refractivity contribution is 0.635. The van der Waals surface area contributed by atoms with E-state index in [0.29, 0.717) is 6.04 Å². The van der Waals surface area contributed by atoms with Gasteiger partial charge in [-0.3, -0.25) is 0 Å². The van der Waals surface area contributed by atoms with Gasteiger partial charge in [0.2, 0.25) is 0 Å². The second-order valence-corrected chi connectivity index (χ2v) is 4.69. The summed E-state index contributed by atoms with van der Waals surface area (Å²) in [5, 5.41) is 10.1. The number of nitrogens with one attached hydrogen (secondary N) is 2. The van der Waals surface area contributed by atoms with E-state index in [0.717, 1.165) is 23.9 Å². The van der Waals surface area contributed by atoms with Crippen molar-refractivity contribution in [2.24, 2.45) is 0 Å². The fourth-order valence-electron chi connectivity index (χ4n) is 1.74. The van der Waals surface area contributed by atoms with Crippen LogP contribution in [0.5, 0.6) is 0 Å². The molecule has 1 atom stereocenters. The molecule has 0 aromatic carbocycles. The van der Waals surface area contributed by atoms with Crippen LogP contribution < -0.4 is 10.6 Å². The van der Waals surface area contributed by atoms with Crippen molar-refractivity contribution < 1.29 is 0 Å². The van der Waals surface area contributed by atoms with Gasteiger partial charge in [-0.25, -0.2) is 4.98 Å². The third kappa shape index (κ3) is 2.69. The second kappa shape index (κ2) is 4.75. The highest BCUT2D eigenvalue weighted by atomic mass is 32.1. The van der Waals surface area contributed by atoms with E-state index in [9.17, 15) is 0 Å². The van der Waals surface area contributed by atoms with Crippen molar-refractivity contribution in [2.75, 3.05) is 18.4 Å². The molecule has 3 nitrogen and oxygen atoms in total. The van der Waals surface area contributed by atoms with Gasteiger partial charge in [-0.2, -0.15) is 0 Å². The largest absolute Gasteiger partial charge is 0.358 e. The average Bonchev–Trinajstić information content (AvgIpc) is 2.43. The Morgan fingerprint density at radius 1 is 1.57 bits per heavy atom. The van der Waals surface area contributed by atoms with Gasteiger partial charge in [0, 0.05) is 18.0 Å². The van der Waals surface area contributed by atoms with Crippen LogP contribution in [0.25, 0.3) is 0 Å². The van der Waals surface area contributed by atoms with E-state index >= 15 is 0 Å². The zero-order chi connectivity index (χ0) is 9.80. The van der Waals surface area contributed by atoms with Crippen LogP contribution in [0.3, 0.4) is 0 Å². The van der Waals surface area contributed by atoms with Gasteiger partial charge in [0.15, 0.2) is 5.13 Å². The third-order valence-electron chi connectivity index (χ3n) is 2.49. The summed E-state index contributed by atoms with van der Waals surface area (Å²) in [6.07, 6.45) is 3.87. The number of hydrogen-bond donors (Lipinski definition) is 2. The first-order valence-corrected chi connectivity index (χ1v) is 6.12. The minimum Gasteiger partial charge on any atom is -0.358 e. The lowest BCUT2D eigenvalue weighted by Gasteiger charge is -2.14. The summed E-state index contributed by atoms with van der Waals surface area (Å²) in [4.78, 5) is 4.42. The summed E-state index contributed by atoms with van der Waals surface area (Å²) in [7, 11) is 0. The molecule has 2 N–H and O–H groups in total. The molecular weight excluding hydrogens is 194 g/mol. The molecule has 1 aliphatic heterocycles. The van der Waals surface area contributed by atoms with Crippen molar-refractivity contribution >= 4 is 16.5 Å². The van der Waals surface area contributed by atoms with Crippen LogP contribution in [0, 0.1) is 6.92 Å². The molecule has 0 radical (unpaired) electrons. The van der Waals surface area contributed by atoms with Gasteiger partial charge in [-0.1, -0.05) is 6.42 Å². The Hall–Kier alpha value is -0.610. The standard InChI is InChI=1S/C10H17N3S/c1-8-7-14-10(12-8)13-9-4-2-3-5-11-6-9/h7,9,11H,2-6H2,1H3,(H,12,13). The van der Waals surface area contributed by atoms with Crippen LogP contribution >= 0.6 is 11.3 Å². The van der Waals surface area contributed by atoms with Crippen LogP contribution in [-0.4, -0.2) is 24.1 Å². The zero-order valence-corrected chi connectivity index (χ0v) is 9.36. The van der Waals surface area contributed by atoms with Crippen LogP contribution in [0.15, 0.2) is 5.38 Å². The minimum absolute atomic E-state index is 0.558. The van der Waals surface area contributed by atoms with Crippen molar-refractivity contribution in [3.63, 3.8) is 0 Å². The number of rotatable bonds is 2. The van der Waals surface area contributed by atoms with Gasteiger partial charge in [0.25, 0.3) is 0 Å². The van der Waals surface area contributed by atoms with Gasteiger partial charge < -0.3 is 10.6 Å². The monoisotopic (exact) mass is 211 g/mol. The fraction of sp³-hybridized carbons (Fsp3) is 0.700. The summed E-state index contributed by atoms with van der Waals surface area (Å²) in [5.41, 5.74) is 1.11. The Labute approximate surface area is 88.9 Å². The summed E-state index contributed by atoms with van der Waals surface area (Å²) >= 11 is 1.70. The van der Waals surface area contributed by atoms with Crippen LogP contribution in [0.2, 0.25) is 0 Å². The Morgan fingerprint density at radius 3 is 3.29 bits per heavy atom. The number of thiazole rings is 1. The first-order chi connectivity index (χ1) is 6.84. The van der Waals surface area contributed by atoms with E-state index < -0.39 is 0 Å². The van der Waals surface area contributed by atoms with Crippen molar-refractivity contribution in [3.8, 4) is 0 Å². The van der Waals surface area contributed by atoms with E-state index in [1.165, 1.54) is 19.3 Å². The maximum absolute atomic E-state index is 4.42. The molecule has 0 spiro atoms.